The van der Waals surface area contributed by atoms with E-state index in [4.69, 9.17) is 4.74 Å². The van der Waals surface area contributed by atoms with Crippen molar-refractivity contribution in [2.24, 2.45) is 5.92 Å². The van der Waals surface area contributed by atoms with E-state index in [0.29, 0.717) is 11.6 Å². The summed E-state index contributed by atoms with van der Waals surface area (Å²) in [5, 5.41) is 2.83. The molecule has 1 amide bonds. The summed E-state index contributed by atoms with van der Waals surface area (Å²) in [6.07, 6.45) is 4.79. The number of hydrogen-bond acceptors (Lipinski definition) is 3. The molecule has 0 saturated carbocycles. The van der Waals surface area contributed by atoms with E-state index in [0.717, 1.165) is 23.7 Å². The molecular formula is C15H23BrN2O3. The summed E-state index contributed by atoms with van der Waals surface area (Å²) >= 11 is 3.23. The number of nitrogens with one attached hydrogen (secondary N) is 2. The molecular weight excluding hydrogens is 336 g/mol. The molecule has 0 radical (unpaired) electrons. The minimum atomic E-state index is -0.539. The molecule has 0 aliphatic carbocycles. The van der Waals surface area contributed by atoms with Gasteiger partial charge in [0.15, 0.2) is 6.61 Å². The van der Waals surface area contributed by atoms with Gasteiger partial charge in [0.25, 0.3) is 5.91 Å². The minimum absolute atomic E-state index is 0.0922. The van der Waals surface area contributed by atoms with Crippen molar-refractivity contribution < 1.29 is 14.3 Å². The maximum atomic E-state index is 11.7. The molecule has 2 N–H and O–H groups in total. The van der Waals surface area contributed by atoms with Gasteiger partial charge in [0, 0.05) is 16.7 Å². The van der Waals surface area contributed by atoms with E-state index < -0.39 is 5.97 Å². The summed E-state index contributed by atoms with van der Waals surface area (Å²) in [6.45, 7) is 6.06. The van der Waals surface area contributed by atoms with Crippen LogP contribution in [0.5, 0.6) is 0 Å². The van der Waals surface area contributed by atoms with Crippen molar-refractivity contribution in [1.29, 1.82) is 0 Å². The Hall–Kier alpha value is -1.30. The lowest BCUT2D eigenvalue weighted by molar-refractivity contribution is -0.124. The molecule has 0 aliphatic heterocycles. The molecule has 6 heteroatoms. The van der Waals surface area contributed by atoms with Crippen LogP contribution < -0.4 is 5.32 Å². The highest BCUT2D eigenvalue weighted by Gasteiger charge is 2.13. The van der Waals surface area contributed by atoms with Gasteiger partial charge in [-0.3, -0.25) is 4.79 Å². The Bertz CT molecular complexity index is 471. The first-order chi connectivity index (χ1) is 9.88. The molecule has 1 rings (SSSR count). The van der Waals surface area contributed by atoms with Crippen LogP contribution in [0.4, 0.5) is 0 Å². The number of esters is 1. The highest BCUT2D eigenvalue weighted by Crippen LogP contribution is 2.11. The first-order valence-corrected chi connectivity index (χ1v) is 7.98. The molecule has 21 heavy (non-hydrogen) atoms. The normalized spacial score (nSPS) is 12.2. The van der Waals surface area contributed by atoms with Gasteiger partial charge in [-0.2, -0.15) is 0 Å². The van der Waals surface area contributed by atoms with Crippen molar-refractivity contribution in [2.75, 3.05) is 6.61 Å². The quantitative estimate of drug-likeness (QED) is 0.700. The largest absolute Gasteiger partial charge is 0.451 e. The highest BCUT2D eigenvalue weighted by atomic mass is 79.9. The third-order valence-corrected chi connectivity index (χ3v) is 3.49. The molecule has 5 nitrogen and oxygen atoms in total. The summed E-state index contributed by atoms with van der Waals surface area (Å²) in [4.78, 5) is 26.1. The van der Waals surface area contributed by atoms with Crippen molar-refractivity contribution in [3.8, 4) is 0 Å². The smallest absolute Gasteiger partial charge is 0.355 e. The monoisotopic (exact) mass is 358 g/mol. The van der Waals surface area contributed by atoms with E-state index in [1.165, 1.54) is 0 Å². The van der Waals surface area contributed by atoms with Gasteiger partial charge in [-0.15, -0.1) is 0 Å². The molecule has 1 aromatic rings. The van der Waals surface area contributed by atoms with E-state index in [9.17, 15) is 9.59 Å². The Morgan fingerprint density at radius 3 is 2.62 bits per heavy atom. The van der Waals surface area contributed by atoms with Crippen LogP contribution in [-0.4, -0.2) is 29.5 Å². The fourth-order valence-electron chi connectivity index (χ4n) is 1.92. The van der Waals surface area contributed by atoms with Crippen molar-refractivity contribution in [2.45, 2.75) is 46.1 Å². The number of aromatic amines is 1. The number of hydrogen-bond donors (Lipinski definition) is 2. The average molecular weight is 359 g/mol. The van der Waals surface area contributed by atoms with Gasteiger partial charge >= 0.3 is 5.97 Å². The lowest BCUT2D eigenvalue weighted by Crippen LogP contribution is -2.35. The number of ether oxygens (including phenoxy) is 1. The van der Waals surface area contributed by atoms with E-state index in [1.807, 2.05) is 6.92 Å². The van der Waals surface area contributed by atoms with Crippen LogP contribution in [0.2, 0.25) is 0 Å². The number of carbonyl (C=O) groups is 2. The van der Waals surface area contributed by atoms with Crippen LogP contribution in [0.3, 0.4) is 0 Å². The molecule has 0 aromatic carbocycles. The van der Waals surface area contributed by atoms with Crippen molar-refractivity contribution in [1.82, 2.24) is 10.3 Å². The maximum absolute atomic E-state index is 11.7. The predicted molar refractivity (Wildman–Crippen MR) is 85.1 cm³/mol. The van der Waals surface area contributed by atoms with Crippen molar-refractivity contribution in [3.05, 3.63) is 22.4 Å². The van der Waals surface area contributed by atoms with Gasteiger partial charge in [0.05, 0.1) is 0 Å². The van der Waals surface area contributed by atoms with Crippen molar-refractivity contribution >= 4 is 27.8 Å². The van der Waals surface area contributed by atoms with Crippen LogP contribution in [0.25, 0.3) is 0 Å². The van der Waals surface area contributed by atoms with Crippen LogP contribution in [-0.2, 0) is 9.53 Å². The second-order valence-electron chi connectivity index (χ2n) is 5.60. The number of aromatic nitrogens is 1. The molecule has 118 valence electrons. The van der Waals surface area contributed by atoms with Gasteiger partial charge in [-0.1, -0.05) is 26.7 Å². The summed E-state index contributed by atoms with van der Waals surface area (Å²) in [5.41, 5.74) is 0.319. The molecule has 0 spiro atoms. The molecule has 1 heterocycles. The van der Waals surface area contributed by atoms with Crippen LogP contribution in [0, 0.1) is 5.92 Å². The second-order valence-corrected chi connectivity index (χ2v) is 6.52. The number of amides is 1. The fraction of sp³-hybridized carbons (Fsp3) is 0.600. The standard InChI is InChI=1S/C15H23BrN2O3/c1-10(2)5-4-6-11(3)18-14(19)9-21-15(20)13-7-12(16)8-17-13/h7-8,10-11,17H,4-6,9H2,1-3H3,(H,18,19). The van der Waals surface area contributed by atoms with E-state index in [1.54, 1.807) is 12.3 Å². The Morgan fingerprint density at radius 2 is 2.05 bits per heavy atom. The van der Waals surface area contributed by atoms with Crippen molar-refractivity contribution in [3.63, 3.8) is 0 Å². The zero-order valence-corrected chi connectivity index (χ0v) is 14.3. The summed E-state index contributed by atoms with van der Waals surface area (Å²) in [6, 6.07) is 1.70. The Kier molecular flexibility index (Phi) is 7.50. The zero-order chi connectivity index (χ0) is 15.8. The minimum Gasteiger partial charge on any atom is -0.451 e. The third kappa shape index (κ3) is 7.32. The molecule has 0 fully saturated rings. The molecule has 0 bridgehead atoms. The van der Waals surface area contributed by atoms with Crippen LogP contribution in [0.15, 0.2) is 16.7 Å². The summed E-state index contributed by atoms with van der Waals surface area (Å²) in [5.74, 6) is -0.136. The van der Waals surface area contributed by atoms with Gasteiger partial charge < -0.3 is 15.0 Å². The van der Waals surface area contributed by atoms with Crippen LogP contribution >= 0.6 is 15.9 Å². The highest BCUT2D eigenvalue weighted by molar-refractivity contribution is 9.10. The second kappa shape index (κ2) is 8.87. The van der Waals surface area contributed by atoms with Gasteiger partial charge in [0.2, 0.25) is 0 Å². The number of carbonyl (C=O) groups excluding carboxylic acids is 2. The third-order valence-electron chi connectivity index (χ3n) is 3.03. The van der Waals surface area contributed by atoms with Crippen LogP contribution in [0.1, 0.15) is 50.5 Å². The SMILES string of the molecule is CC(C)CCCC(C)NC(=O)COC(=O)c1cc(Br)c[nH]1. The summed E-state index contributed by atoms with van der Waals surface area (Å²) < 4.78 is 5.71. The molecule has 1 atom stereocenters. The number of halogens is 1. The first kappa shape index (κ1) is 17.8. The van der Waals surface area contributed by atoms with E-state index in [-0.39, 0.29) is 18.6 Å². The molecule has 0 aliphatic rings. The molecule has 0 saturated heterocycles. The van der Waals surface area contributed by atoms with Gasteiger partial charge in [-0.05, 0) is 41.3 Å². The number of rotatable bonds is 8. The first-order valence-electron chi connectivity index (χ1n) is 7.19. The van der Waals surface area contributed by atoms with E-state index >= 15 is 0 Å². The van der Waals surface area contributed by atoms with E-state index in [2.05, 4.69) is 40.1 Å². The summed E-state index contributed by atoms with van der Waals surface area (Å²) in [7, 11) is 0. The maximum Gasteiger partial charge on any atom is 0.355 e. The van der Waals surface area contributed by atoms with Gasteiger partial charge in [0.1, 0.15) is 5.69 Å². The lowest BCUT2D eigenvalue weighted by Gasteiger charge is -2.14. The fourth-order valence-corrected chi connectivity index (χ4v) is 2.26. The Labute approximate surface area is 134 Å². The molecule has 1 unspecified atom stereocenters. The Balaban J connectivity index is 2.23. The molecule has 1 aromatic heterocycles. The average Bonchev–Trinajstić information content (AvgIpc) is 2.82. The lowest BCUT2D eigenvalue weighted by atomic mass is 10.0. The Morgan fingerprint density at radius 1 is 1.33 bits per heavy atom. The topological polar surface area (TPSA) is 71.2 Å². The number of H-pyrrole nitrogens is 1. The zero-order valence-electron chi connectivity index (χ0n) is 12.7. The van der Waals surface area contributed by atoms with Gasteiger partial charge in [-0.25, -0.2) is 4.79 Å². The predicted octanol–water partition coefficient (Wildman–Crippen LogP) is 3.27.